The Hall–Kier alpha value is -1.62. The highest BCUT2D eigenvalue weighted by molar-refractivity contribution is 5.77. The fraction of sp³-hybridized carbons (Fsp3) is 0.538. The van der Waals surface area contributed by atoms with E-state index in [1.54, 1.807) is 12.1 Å². The molecule has 1 heterocycles. The van der Waals surface area contributed by atoms with Crippen molar-refractivity contribution in [3.63, 3.8) is 0 Å². The summed E-state index contributed by atoms with van der Waals surface area (Å²) in [5.74, 6) is 0.293. The van der Waals surface area contributed by atoms with Crippen molar-refractivity contribution in [1.82, 2.24) is 10.3 Å². The zero-order chi connectivity index (χ0) is 13.4. The van der Waals surface area contributed by atoms with Crippen LogP contribution < -0.4 is 10.1 Å². The van der Waals surface area contributed by atoms with Crippen molar-refractivity contribution >= 4 is 5.91 Å². The Morgan fingerprint density at radius 2 is 2.28 bits per heavy atom. The molecular weight excluding hydrogens is 232 g/mol. The molecule has 0 saturated carbocycles. The van der Waals surface area contributed by atoms with Gasteiger partial charge < -0.3 is 15.2 Å². The molecule has 0 fully saturated rings. The minimum absolute atomic E-state index is 0.0541. The van der Waals surface area contributed by atoms with Crippen LogP contribution in [0.25, 0.3) is 0 Å². The van der Waals surface area contributed by atoms with Gasteiger partial charge in [0.05, 0.1) is 6.61 Å². The molecule has 0 aromatic carbocycles. The number of ether oxygens (including phenoxy) is 1. The van der Waals surface area contributed by atoms with Gasteiger partial charge in [-0.2, -0.15) is 0 Å². The molecule has 0 radical (unpaired) electrons. The van der Waals surface area contributed by atoms with Crippen molar-refractivity contribution in [2.75, 3.05) is 13.2 Å². The van der Waals surface area contributed by atoms with E-state index in [2.05, 4.69) is 17.2 Å². The summed E-state index contributed by atoms with van der Waals surface area (Å²) in [6.07, 6.45) is 2.00. The van der Waals surface area contributed by atoms with Gasteiger partial charge in [0.15, 0.2) is 6.61 Å². The van der Waals surface area contributed by atoms with Crippen LogP contribution in [0.2, 0.25) is 0 Å². The normalized spacial score (nSPS) is 10.2. The zero-order valence-corrected chi connectivity index (χ0v) is 10.9. The number of aliphatic hydroxyl groups excluding tert-OH is 1. The molecule has 0 aliphatic heterocycles. The Morgan fingerprint density at radius 3 is 2.94 bits per heavy atom. The molecule has 1 amide bonds. The van der Waals surface area contributed by atoms with Gasteiger partial charge in [-0.3, -0.25) is 9.78 Å². The number of hydrogen-bond acceptors (Lipinski definition) is 4. The SMILES string of the molecule is CCCCNC(=O)COc1ccc(C)nc1CO. The lowest BCUT2D eigenvalue weighted by atomic mass is 10.3. The van der Waals surface area contributed by atoms with Crippen LogP contribution in [0.4, 0.5) is 0 Å². The number of aryl methyl sites for hydroxylation is 1. The highest BCUT2D eigenvalue weighted by atomic mass is 16.5. The van der Waals surface area contributed by atoms with E-state index in [0.717, 1.165) is 18.5 Å². The highest BCUT2D eigenvalue weighted by Gasteiger charge is 2.07. The Morgan fingerprint density at radius 1 is 1.50 bits per heavy atom. The molecule has 2 N–H and O–H groups in total. The summed E-state index contributed by atoms with van der Waals surface area (Å²) in [5, 5.41) is 11.9. The topological polar surface area (TPSA) is 71.5 Å². The molecule has 1 aromatic heterocycles. The number of hydrogen-bond donors (Lipinski definition) is 2. The van der Waals surface area contributed by atoms with Crippen LogP contribution in [0.1, 0.15) is 31.2 Å². The summed E-state index contributed by atoms with van der Waals surface area (Å²) in [4.78, 5) is 15.6. The van der Waals surface area contributed by atoms with Crippen molar-refractivity contribution in [3.8, 4) is 5.75 Å². The monoisotopic (exact) mass is 252 g/mol. The zero-order valence-electron chi connectivity index (χ0n) is 10.9. The van der Waals surface area contributed by atoms with E-state index >= 15 is 0 Å². The number of pyridine rings is 1. The van der Waals surface area contributed by atoms with E-state index in [0.29, 0.717) is 18.0 Å². The molecule has 0 bridgehead atoms. The maximum atomic E-state index is 11.4. The van der Waals surface area contributed by atoms with Gasteiger partial charge in [0.1, 0.15) is 11.4 Å². The molecule has 1 aromatic rings. The van der Waals surface area contributed by atoms with Gasteiger partial charge in [-0.25, -0.2) is 0 Å². The number of unbranched alkanes of at least 4 members (excludes halogenated alkanes) is 1. The lowest BCUT2D eigenvalue weighted by Crippen LogP contribution is -2.29. The fourth-order valence-corrected chi connectivity index (χ4v) is 1.44. The van der Waals surface area contributed by atoms with Crippen molar-refractivity contribution in [3.05, 3.63) is 23.5 Å². The number of nitrogens with one attached hydrogen (secondary N) is 1. The molecular formula is C13H20N2O3. The lowest BCUT2D eigenvalue weighted by molar-refractivity contribution is -0.123. The summed E-state index contributed by atoms with van der Waals surface area (Å²) in [6.45, 7) is 4.31. The highest BCUT2D eigenvalue weighted by Crippen LogP contribution is 2.16. The number of rotatable bonds is 7. The van der Waals surface area contributed by atoms with Crippen LogP contribution in [0.15, 0.2) is 12.1 Å². The molecule has 5 nitrogen and oxygen atoms in total. The van der Waals surface area contributed by atoms with Crippen molar-refractivity contribution in [2.45, 2.75) is 33.3 Å². The van der Waals surface area contributed by atoms with Crippen molar-refractivity contribution in [2.24, 2.45) is 0 Å². The number of carbonyl (C=O) groups is 1. The first kappa shape index (κ1) is 14.4. The Balaban J connectivity index is 2.45. The number of aliphatic hydroxyl groups is 1. The average molecular weight is 252 g/mol. The Labute approximate surface area is 107 Å². The predicted octanol–water partition coefficient (Wildman–Crippen LogP) is 1.18. The van der Waals surface area contributed by atoms with E-state index in [4.69, 9.17) is 9.84 Å². The van der Waals surface area contributed by atoms with Gasteiger partial charge in [0.2, 0.25) is 0 Å². The third kappa shape index (κ3) is 4.71. The van der Waals surface area contributed by atoms with Crippen molar-refractivity contribution in [1.29, 1.82) is 0 Å². The second kappa shape index (κ2) is 7.66. The number of carbonyl (C=O) groups excluding carboxylic acids is 1. The van der Waals surface area contributed by atoms with E-state index in [9.17, 15) is 4.79 Å². The quantitative estimate of drug-likeness (QED) is 0.715. The second-order valence-corrected chi connectivity index (χ2v) is 4.05. The second-order valence-electron chi connectivity index (χ2n) is 4.05. The third-order valence-corrected chi connectivity index (χ3v) is 2.43. The summed E-state index contributed by atoms with van der Waals surface area (Å²) in [6, 6.07) is 3.50. The van der Waals surface area contributed by atoms with E-state index in [1.165, 1.54) is 0 Å². The van der Waals surface area contributed by atoms with Gasteiger partial charge in [0.25, 0.3) is 5.91 Å². The molecule has 0 aliphatic carbocycles. The van der Waals surface area contributed by atoms with Crippen LogP contribution in [-0.2, 0) is 11.4 Å². The largest absolute Gasteiger partial charge is 0.482 e. The average Bonchev–Trinajstić information content (AvgIpc) is 2.37. The van der Waals surface area contributed by atoms with Gasteiger partial charge >= 0.3 is 0 Å². The van der Waals surface area contributed by atoms with E-state index in [1.807, 2.05) is 6.92 Å². The molecule has 1 rings (SSSR count). The summed E-state index contributed by atoms with van der Waals surface area (Å²) < 4.78 is 5.34. The van der Waals surface area contributed by atoms with Gasteiger partial charge in [-0.15, -0.1) is 0 Å². The maximum Gasteiger partial charge on any atom is 0.257 e. The Kier molecular flexibility index (Phi) is 6.14. The molecule has 0 unspecified atom stereocenters. The molecule has 0 aliphatic rings. The first-order valence-corrected chi connectivity index (χ1v) is 6.14. The van der Waals surface area contributed by atoms with Crippen LogP contribution in [0, 0.1) is 6.92 Å². The minimum atomic E-state index is -0.200. The summed E-state index contributed by atoms with van der Waals surface area (Å²) >= 11 is 0. The van der Waals surface area contributed by atoms with Crippen LogP contribution in [0.3, 0.4) is 0 Å². The molecule has 0 saturated heterocycles. The van der Waals surface area contributed by atoms with E-state index < -0.39 is 0 Å². The fourth-order valence-electron chi connectivity index (χ4n) is 1.44. The van der Waals surface area contributed by atoms with E-state index in [-0.39, 0.29) is 19.1 Å². The van der Waals surface area contributed by atoms with Gasteiger partial charge in [-0.05, 0) is 25.5 Å². The first-order chi connectivity index (χ1) is 8.67. The van der Waals surface area contributed by atoms with Crippen LogP contribution in [0.5, 0.6) is 5.75 Å². The molecule has 18 heavy (non-hydrogen) atoms. The lowest BCUT2D eigenvalue weighted by Gasteiger charge is -2.10. The van der Waals surface area contributed by atoms with Gasteiger partial charge in [-0.1, -0.05) is 13.3 Å². The number of amides is 1. The van der Waals surface area contributed by atoms with Gasteiger partial charge in [0, 0.05) is 12.2 Å². The first-order valence-electron chi connectivity index (χ1n) is 6.14. The number of aromatic nitrogens is 1. The standard InChI is InChI=1S/C13H20N2O3/c1-3-4-7-14-13(17)9-18-12-6-5-10(2)15-11(12)8-16/h5-6,16H,3-4,7-9H2,1-2H3,(H,14,17). The predicted molar refractivity (Wildman–Crippen MR) is 68.3 cm³/mol. The molecule has 100 valence electrons. The maximum absolute atomic E-state index is 11.4. The molecule has 5 heteroatoms. The number of nitrogens with zero attached hydrogens (tertiary/aromatic N) is 1. The summed E-state index contributed by atoms with van der Waals surface area (Å²) in [5.41, 5.74) is 1.26. The van der Waals surface area contributed by atoms with Crippen LogP contribution >= 0.6 is 0 Å². The van der Waals surface area contributed by atoms with Crippen LogP contribution in [-0.4, -0.2) is 29.1 Å². The smallest absolute Gasteiger partial charge is 0.257 e. The molecule has 0 spiro atoms. The third-order valence-electron chi connectivity index (χ3n) is 2.43. The molecule has 0 atom stereocenters. The summed E-state index contributed by atoms with van der Waals surface area (Å²) in [7, 11) is 0. The van der Waals surface area contributed by atoms with Crippen molar-refractivity contribution < 1.29 is 14.6 Å². The minimum Gasteiger partial charge on any atom is -0.482 e. The Bertz CT molecular complexity index is 394.